The van der Waals surface area contributed by atoms with Crippen molar-refractivity contribution in [3.05, 3.63) is 41.6 Å². The molecule has 1 fully saturated rings. The summed E-state index contributed by atoms with van der Waals surface area (Å²) in [5.74, 6) is 0.737. The Kier molecular flexibility index (Phi) is 6.57. The number of halogens is 1. The number of hydrogen-bond acceptors (Lipinski definition) is 6. The molecule has 0 saturated carbocycles. The molecule has 0 spiro atoms. The van der Waals surface area contributed by atoms with Crippen molar-refractivity contribution in [3.8, 4) is 6.07 Å². The largest absolute Gasteiger partial charge is 0.340 e. The van der Waals surface area contributed by atoms with E-state index in [9.17, 15) is 5.26 Å². The monoisotopic (exact) mass is 410 g/mol. The third-order valence-corrected chi connectivity index (χ3v) is 6.12. The van der Waals surface area contributed by atoms with Gasteiger partial charge < -0.3 is 15.1 Å². The number of benzene rings is 1. The normalized spacial score (nSPS) is 24.0. The van der Waals surface area contributed by atoms with Crippen LogP contribution in [0.2, 0.25) is 0 Å². The lowest BCUT2D eigenvalue weighted by atomic mass is 9.75. The molecule has 2 aromatic rings. The van der Waals surface area contributed by atoms with Crippen LogP contribution in [-0.2, 0) is 0 Å². The molecular formula is C23H31FN6. The van der Waals surface area contributed by atoms with Crippen LogP contribution in [0, 0.1) is 30.1 Å². The van der Waals surface area contributed by atoms with E-state index < -0.39 is 5.67 Å². The van der Waals surface area contributed by atoms with Crippen molar-refractivity contribution in [1.29, 1.82) is 5.26 Å². The van der Waals surface area contributed by atoms with Gasteiger partial charge in [-0.3, -0.25) is 0 Å². The maximum Gasteiger partial charge on any atom is 0.227 e. The van der Waals surface area contributed by atoms with Crippen LogP contribution in [0.25, 0.3) is 0 Å². The molecule has 3 atom stereocenters. The Hall–Kier alpha value is -2.72. The number of aromatic nitrogens is 2. The summed E-state index contributed by atoms with van der Waals surface area (Å²) in [7, 11) is 4.01. The average molecular weight is 411 g/mol. The van der Waals surface area contributed by atoms with Gasteiger partial charge in [-0.25, -0.2) is 9.37 Å². The van der Waals surface area contributed by atoms with Crippen LogP contribution in [-0.4, -0.2) is 54.3 Å². The van der Waals surface area contributed by atoms with Crippen molar-refractivity contribution >= 4 is 17.5 Å². The van der Waals surface area contributed by atoms with E-state index in [1.54, 1.807) is 13.1 Å². The Balaban J connectivity index is 1.85. The summed E-state index contributed by atoms with van der Waals surface area (Å²) in [6, 6.07) is 10.1. The first-order valence-electron chi connectivity index (χ1n) is 10.4. The lowest BCUT2D eigenvalue weighted by Gasteiger charge is -2.45. The van der Waals surface area contributed by atoms with Crippen LogP contribution in [0.3, 0.4) is 0 Å². The van der Waals surface area contributed by atoms with Gasteiger partial charge in [0.05, 0.1) is 6.20 Å². The zero-order valence-corrected chi connectivity index (χ0v) is 18.5. The number of nitriles is 1. The molecule has 1 N–H and O–H groups in total. The van der Waals surface area contributed by atoms with Gasteiger partial charge in [-0.1, -0.05) is 24.6 Å². The van der Waals surface area contributed by atoms with E-state index in [0.717, 1.165) is 24.2 Å². The van der Waals surface area contributed by atoms with Gasteiger partial charge in [0.15, 0.2) is 5.82 Å². The minimum Gasteiger partial charge on any atom is -0.340 e. The number of piperidine rings is 1. The highest BCUT2D eigenvalue weighted by molar-refractivity contribution is 5.63. The number of nitrogens with one attached hydrogen (secondary N) is 1. The van der Waals surface area contributed by atoms with Crippen LogP contribution in [0.1, 0.15) is 31.4 Å². The molecule has 0 aliphatic carbocycles. The van der Waals surface area contributed by atoms with Gasteiger partial charge in [0, 0.05) is 30.6 Å². The maximum absolute atomic E-state index is 15.4. The molecule has 1 aromatic carbocycles. The van der Waals surface area contributed by atoms with Crippen molar-refractivity contribution in [2.45, 2.75) is 32.9 Å². The molecule has 30 heavy (non-hydrogen) atoms. The molecule has 1 aliphatic heterocycles. The second-order valence-electron chi connectivity index (χ2n) is 8.78. The molecule has 0 amide bonds. The lowest BCUT2D eigenvalue weighted by molar-refractivity contribution is 0.0197. The number of hydrogen-bond donors (Lipinski definition) is 1. The van der Waals surface area contributed by atoms with E-state index in [1.807, 2.05) is 57.1 Å². The van der Waals surface area contributed by atoms with Crippen LogP contribution < -0.4 is 10.2 Å². The molecule has 1 aliphatic rings. The third kappa shape index (κ3) is 4.88. The number of rotatable bonds is 6. The molecule has 1 aromatic heterocycles. The Labute approximate surface area is 178 Å². The summed E-state index contributed by atoms with van der Waals surface area (Å²) in [5.41, 5.74) is 1.16. The Morgan fingerprint density at radius 3 is 2.63 bits per heavy atom. The van der Waals surface area contributed by atoms with E-state index >= 15 is 4.39 Å². The fourth-order valence-electron chi connectivity index (χ4n) is 3.86. The molecule has 1 saturated heterocycles. The summed E-state index contributed by atoms with van der Waals surface area (Å²) < 4.78 is 15.4. The van der Waals surface area contributed by atoms with Crippen LogP contribution in [0.4, 0.5) is 21.8 Å². The first-order valence-corrected chi connectivity index (χ1v) is 10.4. The summed E-state index contributed by atoms with van der Waals surface area (Å²) in [5, 5.41) is 12.7. The average Bonchev–Trinajstić information content (AvgIpc) is 2.70. The molecule has 0 bridgehead atoms. The summed E-state index contributed by atoms with van der Waals surface area (Å²) in [4.78, 5) is 13.2. The summed E-state index contributed by atoms with van der Waals surface area (Å²) in [6.07, 6.45) is 2.31. The number of anilines is 3. The van der Waals surface area contributed by atoms with E-state index in [0.29, 0.717) is 30.4 Å². The predicted molar refractivity (Wildman–Crippen MR) is 119 cm³/mol. The molecule has 0 radical (unpaired) electrons. The van der Waals surface area contributed by atoms with Crippen molar-refractivity contribution in [3.63, 3.8) is 0 Å². The van der Waals surface area contributed by atoms with Crippen LogP contribution in [0.5, 0.6) is 0 Å². The first kappa shape index (κ1) is 22.0. The quantitative estimate of drug-likeness (QED) is 0.772. The van der Waals surface area contributed by atoms with E-state index in [4.69, 9.17) is 0 Å². The molecule has 2 heterocycles. The Bertz CT molecular complexity index is 903. The van der Waals surface area contributed by atoms with Gasteiger partial charge in [0.2, 0.25) is 5.95 Å². The third-order valence-electron chi connectivity index (χ3n) is 6.12. The highest BCUT2D eigenvalue weighted by Gasteiger charge is 2.45. The van der Waals surface area contributed by atoms with Crippen molar-refractivity contribution in [2.75, 3.05) is 43.9 Å². The van der Waals surface area contributed by atoms with Gasteiger partial charge in [0.1, 0.15) is 17.3 Å². The molecule has 3 unspecified atom stereocenters. The smallest absolute Gasteiger partial charge is 0.227 e. The molecule has 6 nitrogen and oxygen atoms in total. The molecule has 3 rings (SSSR count). The number of alkyl halides is 1. The highest BCUT2D eigenvalue weighted by Crippen LogP contribution is 2.39. The summed E-state index contributed by atoms with van der Waals surface area (Å²) in [6.45, 7) is 7.63. The molecule has 7 heteroatoms. The maximum atomic E-state index is 15.4. The highest BCUT2D eigenvalue weighted by atomic mass is 19.1. The standard InChI is InChI=1S/C23H31FN6/c1-16-6-8-20(9-7-16)27-21-18(12-25)13-26-22(28-21)30-14-17(2)23(3,24)19(15-30)10-11-29(4)5/h6-9,13,17,19H,10-11,14-15H2,1-5H3,(H,26,27,28). The Morgan fingerprint density at radius 1 is 1.30 bits per heavy atom. The minimum atomic E-state index is -1.23. The van der Waals surface area contributed by atoms with Gasteiger partial charge in [-0.15, -0.1) is 0 Å². The van der Waals surface area contributed by atoms with Gasteiger partial charge in [-0.2, -0.15) is 10.2 Å². The first-order chi connectivity index (χ1) is 14.2. The topological polar surface area (TPSA) is 68.1 Å². The van der Waals surface area contributed by atoms with Crippen molar-refractivity contribution in [1.82, 2.24) is 14.9 Å². The van der Waals surface area contributed by atoms with Crippen molar-refractivity contribution in [2.24, 2.45) is 11.8 Å². The Morgan fingerprint density at radius 2 is 2.00 bits per heavy atom. The zero-order valence-electron chi connectivity index (χ0n) is 18.5. The van der Waals surface area contributed by atoms with Gasteiger partial charge >= 0.3 is 0 Å². The number of aryl methyl sites for hydroxylation is 1. The molecule has 160 valence electrons. The SMILES string of the molecule is Cc1ccc(Nc2nc(N3CC(C)C(C)(F)C(CCN(C)C)C3)ncc2C#N)cc1. The summed E-state index contributed by atoms with van der Waals surface area (Å²) >= 11 is 0. The minimum absolute atomic E-state index is 0.114. The van der Waals surface area contributed by atoms with Gasteiger partial charge in [0.25, 0.3) is 0 Å². The molecular weight excluding hydrogens is 379 g/mol. The fraction of sp³-hybridized carbons (Fsp3) is 0.522. The van der Waals surface area contributed by atoms with Gasteiger partial charge in [-0.05, 0) is 53.0 Å². The second kappa shape index (κ2) is 8.97. The predicted octanol–water partition coefficient (Wildman–Crippen LogP) is 4.15. The zero-order chi connectivity index (χ0) is 21.9. The van der Waals surface area contributed by atoms with E-state index in [1.165, 1.54) is 0 Å². The second-order valence-corrected chi connectivity index (χ2v) is 8.78. The lowest BCUT2D eigenvalue weighted by Crippen LogP contribution is -2.54. The van der Waals surface area contributed by atoms with Crippen molar-refractivity contribution < 1.29 is 4.39 Å². The fourth-order valence-corrected chi connectivity index (χ4v) is 3.86. The van der Waals surface area contributed by atoms with E-state index in [-0.39, 0.29) is 11.8 Å². The van der Waals surface area contributed by atoms with Crippen LogP contribution in [0.15, 0.2) is 30.5 Å². The number of nitrogens with zero attached hydrogens (tertiary/aromatic N) is 5. The van der Waals surface area contributed by atoms with E-state index in [2.05, 4.69) is 26.3 Å². The van der Waals surface area contributed by atoms with Crippen LogP contribution >= 0.6 is 0 Å².